The molecule has 29 heavy (non-hydrogen) atoms. The fourth-order valence-corrected chi connectivity index (χ4v) is 4.55. The molecule has 152 valence electrons. The summed E-state index contributed by atoms with van der Waals surface area (Å²) in [7, 11) is 4.20. The van der Waals surface area contributed by atoms with Crippen molar-refractivity contribution in [2.24, 2.45) is 0 Å². The molecule has 2 aromatic carbocycles. The Labute approximate surface area is 176 Å². The molecule has 2 heterocycles. The Morgan fingerprint density at radius 3 is 2.79 bits per heavy atom. The summed E-state index contributed by atoms with van der Waals surface area (Å²) in [6.45, 7) is 2.64. The second-order valence-electron chi connectivity index (χ2n) is 7.87. The topological polar surface area (TPSA) is 41.4 Å². The Hall–Kier alpha value is -2.31. The number of anilines is 1. The number of fused-ring (bicyclic) bond motifs is 1. The van der Waals surface area contributed by atoms with Crippen LogP contribution in [-0.4, -0.2) is 53.8 Å². The van der Waals surface area contributed by atoms with Crippen molar-refractivity contribution in [3.8, 4) is 0 Å². The molecule has 1 aliphatic rings. The van der Waals surface area contributed by atoms with Gasteiger partial charge in [-0.25, -0.2) is 4.98 Å². The highest BCUT2D eigenvalue weighted by Gasteiger charge is 2.34. The zero-order chi connectivity index (χ0) is 20.4. The minimum atomic E-state index is 0.118. The van der Waals surface area contributed by atoms with E-state index in [0.717, 1.165) is 42.1 Å². The van der Waals surface area contributed by atoms with Crippen LogP contribution in [0.3, 0.4) is 0 Å². The van der Waals surface area contributed by atoms with Gasteiger partial charge in [-0.05, 0) is 63.6 Å². The highest BCUT2D eigenvalue weighted by atomic mass is 32.2. The number of aromatic nitrogens is 2. The number of carbonyl (C=O) groups excluding carboxylic acids is 1. The summed E-state index contributed by atoms with van der Waals surface area (Å²) in [6, 6.07) is 16.5. The second kappa shape index (κ2) is 8.59. The van der Waals surface area contributed by atoms with Crippen molar-refractivity contribution < 1.29 is 4.79 Å². The molecule has 1 saturated heterocycles. The van der Waals surface area contributed by atoms with Crippen molar-refractivity contribution >= 4 is 34.4 Å². The van der Waals surface area contributed by atoms with Crippen LogP contribution in [0.25, 0.3) is 11.0 Å². The lowest BCUT2D eigenvalue weighted by Gasteiger charge is -2.18. The first kappa shape index (κ1) is 20.0. The van der Waals surface area contributed by atoms with Crippen LogP contribution in [0.15, 0.2) is 53.4 Å². The number of amides is 1. The third kappa shape index (κ3) is 4.19. The highest BCUT2D eigenvalue weighted by molar-refractivity contribution is 7.98. The molecule has 0 spiro atoms. The van der Waals surface area contributed by atoms with Gasteiger partial charge in [0.05, 0.1) is 11.0 Å². The summed E-state index contributed by atoms with van der Waals surface area (Å²) in [6.07, 6.45) is 3.63. The summed E-state index contributed by atoms with van der Waals surface area (Å²) in [4.78, 5) is 23.1. The Morgan fingerprint density at radius 1 is 1.17 bits per heavy atom. The molecular formula is C23H28N4OS. The molecule has 1 fully saturated rings. The number of benzene rings is 2. The Bertz CT molecular complexity index is 1010. The summed E-state index contributed by atoms with van der Waals surface area (Å²) in [5.41, 5.74) is 3.17. The minimum Gasteiger partial charge on any atom is -0.328 e. The third-order valence-corrected chi connectivity index (χ3v) is 6.25. The molecular weight excluding hydrogens is 380 g/mol. The van der Waals surface area contributed by atoms with E-state index in [-0.39, 0.29) is 11.8 Å². The first-order valence-electron chi connectivity index (χ1n) is 10.1. The molecule has 6 heteroatoms. The predicted octanol–water partition coefficient (Wildman–Crippen LogP) is 4.23. The lowest BCUT2D eigenvalue weighted by Crippen LogP contribution is -2.24. The van der Waals surface area contributed by atoms with Gasteiger partial charge < -0.3 is 14.4 Å². The van der Waals surface area contributed by atoms with Crippen LogP contribution in [0.2, 0.25) is 0 Å². The largest absolute Gasteiger partial charge is 0.328 e. The number of hydrogen-bond acceptors (Lipinski definition) is 4. The molecule has 4 rings (SSSR count). The quantitative estimate of drug-likeness (QED) is 0.549. The number of rotatable bonds is 7. The van der Waals surface area contributed by atoms with Crippen molar-refractivity contribution in [1.82, 2.24) is 14.5 Å². The number of nitrogens with zero attached hydrogens (tertiary/aromatic N) is 4. The monoisotopic (exact) mass is 408 g/mol. The molecule has 0 N–H and O–H groups in total. The number of imidazole rings is 1. The van der Waals surface area contributed by atoms with Crippen LogP contribution in [0.5, 0.6) is 0 Å². The van der Waals surface area contributed by atoms with Crippen LogP contribution in [0.4, 0.5) is 5.69 Å². The molecule has 1 aromatic heterocycles. The molecule has 1 atom stereocenters. The first-order chi connectivity index (χ1) is 14.1. The number of thioether (sulfide) groups is 1. The Kier molecular flexibility index (Phi) is 5.92. The second-order valence-corrected chi connectivity index (χ2v) is 8.75. The first-order valence-corrected chi connectivity index (χ1v) is 11.3. The van der Waals surface area contributed by atoms with E-state index in [9.17, 15) is 4.79 Å². The van der Waals surface area contributed by atoms with Gasteiger partial charge in [-0.1, -0.05) is 18.2 Å². The van der Waals surface area contributed by atoms with Gasteiger partial charge in [0, 0.05) is 36.0 Å². The van der Waals surface area contributed by atoms with E-state index in [0.29, 0.717) is 13.0 Å². The van der Waals surface area contributed by atoms with E-state index >= 15 is 0 Å². The lowest BCUT2D eigenvalue weighted by molar-refractivity contribution is -0.117. The molecule has 0 unspecified atom stereocenters. The molecule has 5 nitrogen and oxygen atoms in total. The van der Waals surface area contributed by atoms with Crippen LogP contribution in [0, 0.1) is 0 Å². The third-order valence-electron chi connectivity index (χ3n) is 5.53. The lowest BCUT2D eigenvalue weighted by atomic mass is 10.1. The summed E-state index contributed by atoms with van der Waals surface area (Å²) in [5.74, 6) is 1.34. The van der Waals surface area contributed by atoms with Crippen molar-refractivity contribution in [3.63, 3.8) is 0 Å². The molecule has 1 amide bonds. The summed E-state index contributed by atoms with van der Waals surface area (Å²) >= 11 is 1.70. The van der Waals surface area contributed by atoms with Gasteiger partial charge in [0.15, 0.2) is 0 Å². The fraction of sp³-hybridized carbons (Fsp3) is 0.391. The van der Waals surface area contributed by atoms with E-state index in [1.165, 1.54) is 4.90 Å². The van der Waals surface area contributed by atoms with Crippen LogP contribution >= 0.6 is 11.8 Å². The maximum Gasteiger partial charge on any atom is 0.227 e. The van der Waals surface area contributed by atoms with E-state index < -0.39 is 0 Å². The predicted molar refractivity (Wildman–Crippen MR) is 121 cm³/mol. The molecule has 1 aliphatic heterocycles. The van der Waals surface area contributed by atoms with Gasteiger partial charge in [-0.15, -0.1) is 11.8 Å². The maximum absolute atomic E-state index is 12.9. The molecule has 0 aliphatic carbocycles. The van der Waals surface area contributed by atoms with Gasteiger partial charge in [0.1, 0.15) is 5.82 Å². The number of aryl methyl sites for hydroxylation is 1. The van der Waals surface area contributed by atoms with Crippen molar-refractivity contribution in [1.29, 1.82) is 0 Å². The van der Waals surface area contributed by atoms with Gasteiger partial charge in [-0.2, -0.15) is 0 Å². The molecule has 0 bridgehead atoms. The van der Waals surface area contributed by atoms with E-state index in [2.05, 4.69) is 60.1 Å². The van der Waals surface area contributed by atoms with Crippen LogP contribution in [-0.2, 0) is 11.3 Å². The number of para-hydroxylation sites is 2. The van der Waals surface area contributed by atoms with Crippen LogP contribution in [0.1, 0.15) is 24.6 Å². The maximum atomic E-state index is 12.9. The van der Waals surface area contributed by atoms with Gasteiger partial charge in [-0.3, -0.25) is 4.79 Å². The fourth-order valence-electron chi connectivity index (χ4n) is 4.09. The highest BCUT2D eigenvalue weighted by Crippen LogP contribution is 2.34. The minimum absolute atomic E-state index is 0.118. The van der Waals surface area contributed by atoms with E-state index in [1.807, 2.05) is 23.1 Å². The van der Waals surface area contributed by atoms with Gasteiger partial charge >= 0.3 is 0 Å². The zero-order valence-corrected chi connectivity index (χ0v) is 18.2. The Balaban J connectivity index is 1.63. The average Bonchev–Trinajstić information content (AvgIpc) is 3.28. The van der Waals surface area contributed by atoms with Crippen molar-refractivity contribution in [2.75, 3.05) is 38.3 Å². The van der Waals surface area contributed by atoms with E-state index in [1.54, 1.807) is 11.8 Å². The molecule has 3 aromatic rings. The standard InChI is InChI=1S/C23H28N4OS/c1-25(2)12-7-13-26-21-11-5-4-10-20(21)24-23(26)17-14-22(28)27(16-17)18-8-6-9-19(15-18)29-3/h4-6,8-11,15,17H,7,12-14,16H2,1-3H3/t17-/m1/s1. The van der Waals surface area contributed by atoms with E-state index in [4.69, 9.17) is 4.98 Å². The number of carbonyl (C=O) groups is 1. The smallest absolute Gasteiger partial charge is 0.227 e. The SMILES string of the molecule is CSc1cccc(N2C[C@H](c3nc4ccccc4n3CCCN(C)C)CC2=O)c1. The van der Waals surface area contributed by atoms with Crippen LogP contribution < -0.4 is 4.90 Å². The number of hydrogen-bond donors (Lipinski definition) is 0. The average molecular weight is 409 g/mol. The molecule has 0 saturated carbocycles. The molecule has 0 radical (unpaired) electrons. The summed E-state index contributed by atoms with van der Waals surface area (Å²) < 4.78 is 2.33. The Morgan fingerprint density at radius 2 is 2.00 bits per heavy atom. The normalized spacial score (nSPS) is 17.0. The zero-order valence-electron chi connectivity index (χ0n) is 17.3. The van der Waals surface area contributed by atoms with Crippen molar-refractivity contribution in [2.45, 2.75) is 30.2 Å². The summed E-state index contributed by atoms with van der Waals surface area (Å²) in [5, 5.41) is 0. The van der Waals surface area contributed by atoms with Gasteiger partial charge in [0.2, 0.25) is 5.91 Å². The van der Waals surface area contributed by atoms with Gasteiger partial charge in [0.25, 0.3) is 0 Å². The van der Waals surface area contributed by atoms with Crippen molar-refractivity contribution in [3.05, 3.63) is 54.4 Å².